The van der Waals surface area contributed by atoms with E-state index in [-0.39, 0.29) is 5.91 Å². The van der Waals surface area contributed by atoms with E-state index in [0.717, 1.165) is 18.6 Å². The molecule has 0 saturated heterocycles. The maximum Gasteiger partial charge on any atom is 0.233 e. The van der Waals surface area contributed by atoms with Crippen molar-refractivity contribution in [1.82, 2.24) is 0 Å². The number of carbonyl (C=O) groups excluding carboxylic acids is 1. The molecule has 0 aromatic heterocycles. The van der Waals surface area contributed by atoms with Crippen LogP contribution in [0.25, 0.3) is 0 Å². The first-order valence-electron chi connectivity index (χ1n) is 7.37. The predicted molar refractivity (Wildman–Crippen MR) is 85.1 cm³/mol. The smallest absolute Gasteiger partial charge is 0.233 e. The Kier molecular flexibility index (Phi) is 3.83. The first-order chi connectivity index (χ1) is 9.91. The van der Waals surface area contributed by atoms with Gasteiger partial charge in [-0.25, -0.2) is 0 Å². The minimum Gasteiger partial charge on any atom is -0.490 e. The van der Waals surface area contributed by atoms with Gasteiger partial charge in [-0.3, -0.25) is 4.79 Å². The number of carbonyl (C=O) groups is 1. The number of hydrogen-bond acceptors (Lipinski definition) is 2. The van der Waals surface area contributed by atoms with Crippen molar-refractivity contribution in [3.05, 3.63) is 24.3 Å². The summed E-state index contributed by atoms with van der Waals surface area (Å²) in [5.74, 6) is 0.647. The van der Waals surface area contributed by atoms with Gasteiger partial charge in [0.05, 0.1) is 11.5 Å². The van der Waals surface area contributed by atoms with Crippen LogP contribution < -0.4 is 10.1 Å². The highest BCUT2D eigenvalue weighted by molar-refractivity contribution is 6.53. The van der Waals surface area contributed by atoms with E-state index in [9.17, 15) is 4.79 Å². The van der Waals surface area contributed by atoms with Crippen LogP contribution in [0.15, 0.2) is 24.3 Å². The van der Waals surface area contributed by atoms with Crippen LogP contribution in [0.2, 0.25) is 0 Å². The molecule has 2 saturated carbocycles. The van der Waals surface area contributed by atoms with Crippen LogP contribution in [0.5, 0.6) is 5.75 Å². The Morgan fingerprint density at radius 3 is 2.62 bits per heavy atom. The molecule has 21 heavy (non-hydrogen) atoms. The maximum atomic E-state index is 12.2. The van der Waals surface area contributed by atoms with Gasteiger partial charge in [0, 0.05) is 11.8 Å². The van der Waals surface area contributed by atoms with Crippen molar-refractivity contribution in [3.63, 3.8) is 0 Å². The number of amides is 1. The van der Waals surface area contributed by atoms with Gasteiger partial charge in [-0.2, -0.15) is 0 Å². The molecule has 0 aliphatic heterocycles. The molecule has 2 aliphatic rings. The number of ether oxygens (including phenoxy) is 1. The molecule has 0 unspecified atom stereocenters. The summed E-state index contributed by atoms with van der Waals surface area (Å²) < 4.78 is 4.99. The summed E-state index contributed by atoms with van der Waals surface area (Å²) in [5.41, 5.74) is 0.00562. The molecular weight excluding hydrogens is 309 g/mol. The minimum atomic E-state index is -0.949. The van der Waals surface area contributed by atoms with E-state index >= 15 is 0 Å². The van der Waals surface area contributed by atoms with Crippen LogP contribution in [0, 0.1) is 5.41 Å². The number of hydrogen-bond donors (Lipinski definition) is 1. The summed E-state index contributed by atoms with van der Waals surface area (Å²) in [7, 11) is 0. The molecule has 3 nitrogen and oxygen atoms in total. The quantitative estimate of drug-likeness (QED) is 0.825. The Morgan fingerprint density at radius 1 is 1.33 bits per heavy atom. The third-order valence-electron chi connectivity index (χ3n) is 4.46. The fourth-order valence-electron chi connectivity index (χ4n) is 2.76. The van der Waals surface area contributed by atoms with Gasteiger partial charge in [-0.05, 0) is 51.2 Å². The second kappa shape index (κ2) is 5.36. The molecule has 1 aromatic rings. The lowest BCUT2D eigenvalue weighted by molar-refractivity contribution is -0.120. The van der Waals surface area contributed by atoms with Crippen molar-refractivity contribution >= 4 is 34.8 Å². The lowest BCUT2D eigenvalue weighted by Crippen LogP contribution is -2.25. The van der Waals surface area contributed by atoms with Crippen molar-refractivity contribution in [2.24, 2.45) is 5.41 Å². The van der Waals surface area contributed by atoms with Gasteiger partial charge < -0.3 is 10.1 Å². The molecule has 1 atom stereocenters. The zero-order chi connectivity index (χ0) is 15.1. The normalized spacial score (nSPS) is 27.4. The summed E-state index contributed by atoms with van der Waals surface area (Å²) in [6.07, 6.45) is 5.45. The van der Waals surface area contributed by atoms with E-state index < -0.39 is 9.75 Å². The molecule has 0 heterocycles. The Hall–Kier alpha value is -0.930. The van der Waals surface area contributed by atoms with Crippen molar-refractivity contribution < 1.29 is 9.53 Å². The number of halogens is 2. The molecule has 1 N–H and O–H groups in total. The highest BCUT2D eigenvalue weighted by Crippen LogP contribution is 2.64. The topological polar surface area (TPSA) is 38.3 Å². The summed E-state index contributed by atoms with van der Waals surface area (Å²) in [4.78, 5) is 12.2. The Labute approximate surface area is 135 Å². The van der Waals surface area contributed by atoms with Crippen LogP contribution in [-0.4, -0.2) is 16.3 Å². The van der Waals surface area contributed by atoms with Crippen LogP contribution >= 0.6 is 23.2 Å². The Balaban J connectivity index is 1.65. The van der Waals surface area contributed by atoms with Crippen molar-refractivity contribution in [2.75, 3.05) is 5.32 Å². The highest BCUT2D eigenvalue weighted by atomic mass is 35.5. The first kappa shape index (κ1) is 15.0. The zero-order valence-corrected chi connectivity index (χ0v) is 13.5. The molecule has 1 aromatic carbocycles. The van der Waals surface area contributed by atoms with Crippen molar-refractivity contribution in [2.45, 2.75) is 49.5 Å². The molecule has 0 radical (unpaired) electrons. The van der Waals surface area contributed by atoms with Gasteiger partial charge in [0.1, 0.15) is 10.1 Å². The molecule has 114 valence electrons. The van der Waals surface area contributed by atoms with Crippen LogP contribution in [0.3, 0.4) is 0 Å². The van der Waals surface area contributed by atoms with Gasteiger partial charge >= 0.3 is 0 Å². The fourth-order valence-corrected chi connectivity index (χ4v) is 3.47. The maximum absolute atomic E-state index is 12.2. The molecule has 1 amide bonds. The van der Waals surface area contributed by atoms with Crippen LogP contribution in [0.4, 0.5) is 5.69 Å². The third kappa shape index (κ3) is 3.00. The molecule has 0 bridgehead atoms. The summed E-state index contributed by atoms with van der Waals surface area (Å²) in [6.45, 7) is 1.78. The molecular formula is C16H19Cl2NO2. The Morgan fingerprint density at radius 2 is 2.00 bits per heavy atom. The lowest BCUT2D eigenvalue weighted by Gasteiger charge is -2.16. The minimum absolute atomic E-state index is 0.148. The zero-order valence-electron chi connectivity index (χ0n) is 12.0. The number of rotatable bonds is 4. The monoisotopic (exact) mass is 327 g/mol. The van der Waals surface area contributed by atoms with Gasteiger partial charge in [0.15, 0.2) is 0 Å². The van der Waals surface area contributed by atoms with E-state index in [1.807, 2.05) is 24.3 Å². The largest absolute Gasteiger partial charge is 0.490 e. The summed E-state index contributed by atoms with van der Waals surface area (Å²) in [5, 5.41) is 2.88. The summed E-state index contributed by atoms with van der Waals surface area (Å²) >= 11 is 12.1. The number of nitrogens with one attached hydrogen (secondary N) is 1. The van der Waals surface area contributed by atoms with E-state index in [2.05, 4.69) is 5.32 Å². The van der Waals surface area contributed by atoms with Gasteiger partial charge in [0.2, 0.25) is 5.91 Å². The van der Waals surface area contributed by atoms with Crippen LogP contribution in [0.1, 0.15) is 39.0 Å². The predicted octanol–water partition coefficient (Wildman–Crippen LogP) is 4.53. The van der Waals surface area contributed by atoms with Crippen LogP contribution in [-0.2, 0) is 4.79 Å². The number of benzene rings is 1. The van der Waals surface area contributed by atoms with E-state index in [1.54, 1.807) is 6.92 Å². The van der Waals surface area contributed by atoms with Gasteiger partial charge in [-0.15, -0.1) is 23.2 Å². The van der Waals surface area contributed by atoms with E-state index in [0.29, 0.717) is 18.2 Å². The van der Waals surface area contributed by atoms with Gasteiger partial charge in [0.25, 0.3) is 0 Å². The Bertz CT molecular complexity index is 555. The second-order valence-electron chi connectivity index (χ2n) is 6.22. The highest BCUT2D eigenvalue weighted by Gasteiger charge is 2.67. The average Bonchev–Trinajstić information content (AvgIpc) is 2.79. The first-order valence-corrected chi connectivity index (χ1v) is 8.12. The van der Waals surface area contributed by atoms with E-state index in [4.69, 9.17) is 27.9 Å². The second-order valence-corrected chi connectivity index (χ2v) is 7.70. The van der Waals surface area contributed by atoms with E-state index in [1.165, 1.54) is 12.8 Å². The third-order valence-corrected chi connectivity index (χ3v) is 5.56. The standard InChI is InChI=1S/C16H19Cl2NO2/c1-15(10-16(15,17)18)14(20)19-11-5-4-8-13(9-11)21-12-6-2-3-7-12/h4-5,8-9,12H,2-3,6-7,10H2,1H3,(H,19,20)/t15-/m0/s1. The summed E-state index contributed by atoms with van der Waals surface area (Å²) in [6, 6.07) is 7.49. The van der Waals surface area contributed by atoms with Gasteiger partial charge in [-0.1, -0.05) is 6.07 Å². The molecule has 0 spiro atoms. The van der Waals surface area contributed by atoms with Crippen molar-refractivity contribution in [3.8, 4) is 5.75 Å². The fraction of sp³-hybridized carbons (Fsp3) is 0.562. The average molecular weight is 328 g/mol. The molecule has 5 heteroatoms. The molecule has 2 fully saturated rings. The number of alkyl halides is 2. The molecule has 2 aliphatic carbocycles. The lowest BCUT2D eigenvalue weighted by atomic mass is 10.1. The number of anilines is 1. The molecule has 3 rings (SSSR count). The SMILES string of the molecule is C[C@@]1(C(=O)Nc2cccc(OC3CCCC3)c2)CC1(Cl)Cl. The van der Waals surface area contributed by atoms with Crippen molar-refractivity contribution in [1.29, 1.82) is 0 Å².